The van der Waals surface area contributed by atoms with E-state index in [0.717, 1.165) is 18.2 Å². The van der Waals surface area contributed by atoms with E-state index in [2.05, 4.69) is 43.3 Å². The van der Waals surface area contributed by atoms with Gasteiger partial charge in [0.25, 0.3) is 5.91 Å². The van der Waals surface area contributed by atoms with E-state index >= 15 is 0 Å². The number of nitrogens with one attached hydrogen (secondary N) is 2. The van der Waals surface area contributed by atoms with Gasteiger partial charge in [-0.2, -0.15) is 0 Å². The van der Waals surface area contributed by atoms with Crippen LogP contribution in [0.1, 0.15) is 50.2 Å². The molecule has 0 spiro atoms. The first-order chi connectivity index (χ1) is 9.84. The van der Waals surface area contributed by atoms with Gasteiger partial charge in [-0.05, 0) is 30.1 Å². The largest absolute Gasteiger partial charge is 0.382 e. The predicted octanol–water partition coefficient (Wildman–Crippen LogP) is 2.96. The molecule has 1 aliphatic rings. The van der Waals surface area contributed by atoms with Crippen molar-refractivity contribution in [1.29, 1.82) is 0 Å². The number of thiazole rings is 1. The van der Waals surface area contributed by atoms with E-state index in [9.17, 15) is 4.79 Å². The van der Waals surface area contributed by atoms with Crippen molar-refractivity contribution in [2.24, 2.45) is 17.3 Å². The number of amides is 1. The Morgan fingerprint density at radius 3 is 2.57 bits per heavy atom. The van der Waals surface area contributed by atoms with Gasteiger partial charge >= 0.3 is 0 Å². The first-order valence-corrected chi connectivity index (χ1v) is 8.44. The Bertz CT molecular complexity index is 506. The molecular formula is C15H26N4OS. The van der Waals surface area contributed by atoms with Crippen LogP contribution in [0.5, 0.6) is 0 Å². The smallest absolute Gasteiger partial charge is 0.265 e. The van der Waals surface area contributed by atoms with E-state index in [1.165, 1.54) is 24.2 Å². The van der Waals surface area contributed by atoms with Crippen LogP contribution in [-0.4, -0.2) is 24.0 Å². The van der Waals surface area contributed by atoms with Gasteiger partial charge in [0.1, 0.15) is 10.7 Å². The highest BCUT2D eigenvalue weighted by Gasteiger charge is 2.45. The van der Waals surface area contributed by atoms with Crippen molar-refractivity contribution < 1.29 is 4.79 Å². The average Bonchev–Trinajstić information content (AvgIpc) is 3.12. The molecular weight excluding hydrogens is 284 g/mol. The SMILES string of the molecule is CC(C)CNc1nc(N)c(C(=O)NCC2(C(C)C)CC2)s1. The lowest BCUT2D eigenvalue weighted by atomic mass is 9.92. The van der Waals surface area contributed by atoms with Crippen LogP contribution in [0.3, 0.4) is 0 Å². The predicted molar refractivity (Wildman–Crippen MR) is 88.7 cm³/mol. The van der Waals surface area contributed by atoms with Crippen LogP contribution in [-0.2, 0) is 0 Å². The quantitative estimate of drug-likeness (QED) is 0.723. The number of nitrogen functional groups attached to an aromatic ring is 1. The fourth-order valence-electron chi connectivity index (χ4n) is 2.32. The highest BCUT2D eigenvalue weighted by atomic mass is 32.1. The van der Waals surface area contributed by atoms with Crippen molar-refractivity contribution >= 4 is 28.2 Å². The second-order valence-corrected chi connectivity index (χ2v) is 7.71. The first kappa shape index (κ1) is 16.1. The number of nitrogens with zero attached hydrogens (tertiary/aromatic N) is 1. The fourth-order valence-corrected chi connectivity index (χ4v) is 3.12. The summed E-state index contributed by atoms with van der Waals surface area (Å²) >= 11 is 1.33. The van der Waals surface area contributed by atoms with Gasteiger partial charge in [0, 0.05) is 13.1 Å². The van der Waals surface area contributed by atoms with Crippen molar-refractivity contribution in [1.82, 2.24) is 10.3 Å². The van der Waals surface area contributed by atoms with Gasteiger partial charge in [0.05, 0.1) is 0 Å². The van der Waals surface area contributed by atoms with E-state index in [0.29, 0.717) is 27.9 Å². The van der Waals surface area contributed by atoms with Gasteiger partial charge in [-0.25, -0.2) is 4.98 Å². The Kier molecular flexibility index (Phi) is 4.76. The molecule has 0 atom stereocenters. The Hall–Kier alpha value is -1.30. The number of aromatic nitrogens is 1. The fraction of sp³-hybridized carbons (Fsp3) is 0.733. The molecule has 4 N–H and O–H groups in total. The molecule has 6 heteroatoms. The second kappa shape index (κ2) is 6.22. The van der Waals surface area contributed by atoms with E-state index in [1.807, 2.05) is 0 Å². The lowest BCUT2D eigenvalue weighted by Gasteiger charge is -2.19. The van der Waals surface area contributed by atoms with Gasteiger partial charge in [-0.15, -0.1) is 0 Å². The van der Waals surface area contributed by atoms with Gasteiger partial charge in [0.2, 0.25) is 0 Å². The molecule has 1 aromatic rings. The number of anilines is 2. The Morgan fingerprint density at radius 2 is 2.05 bits per heavy atom. The highest BCUT2D eigenvalue weighted by molar-refractivity contribution is 7.18. The van der Waals surface area contributed by atoms with Crippen molar-refractivity contribution in [3.63, 3.8) is 0 Å². The van der Waals surface area contributed by atoms with Gasteiger partial charge in [0.15, 0.2) is 5.13 Å². The van der Waals surface area contributed by atoms with E-state index < -0.39 is 0 Å². The van der Waals surface area contributed by atoms with E-state index in [-0.39, 0.29) is 5.91 Å². The molecule has 0 aromatic carbocycles. The minimum Gasteiger partial charge on any atom is -0.382 e. The van der Waals surface area contributed by atoms with Gasteiger partial charge in [-0.1, -0.05) is 39.0 Å². The summed E-state index contributed by atoms with van der Waals surface area (Å²) in [4.78, 5) is 17.0. The summed E-state index contributed by atoms with van der Waals surface area (Å²) in [5.41, 5.74) is 6.16. The summed E-state index contributed by atoms with van der Waals surface area (Å²) < 4.78 is 0. The summed E-state index contributed by atoms with van der Waals surface area (Å²) in [5, 5.41) is 6.96. The summed E-state index contributed by atoms with van der Waals surface area (Å²) in [6, 6.07) is 0. The number of hydrogen-bond donors (Lipinski definition) is 3. The maximum absolute atomic E-state index is 12.3. The monoisotopic (exact) mass is 310 g/mol. The number of nitrogens with two attached hydrogens (primary N) is 1. The molecule has 0 bridgehead atoms. The van der Waals surface area contributed by atoms with E-state index in [4.69, 9.17) is 5.73 Å². The summed E-state index contributed by atoms with van der Waals surface area (Å²) in [5.74, 6) is 1.33. The normalized spacial score (nSPS) is 16.3. The van der Waals surface area contributed by atoms with Gasteiger partial charge < -0.3 is 16.4 Å². The molecule has 0 unspecified atom stereocenters. The Balaban J connectivity index is 1.93. The zero-order chi connectivity index (χ0) is 15.6. The summed E-state index contributed by atoms with van der Waals surface area (Å²) in [6.07, 6.45) is 2.40. The first-order valence-electron chi connectivity index (χ1n) is 7.62. The van der Waals surface area contributed by atoms with Crippen LogP contribution in [0, 0.1) is 17.3 Å². The second-order valence-electron chi connectivity index (χ2n) is 6.71. The molecule has 5 nitrogen and oxygen atoms in total. The summed E-state index contributed by atoms with van der Waals surface area (Å²) in [6.45, 7) is 10.2. The molecule has 21 heavy (non-hydrogen) atoms. The van der Waals surface area contributed by atoms with Crippen LogP contribution in [0.2, 0.25) is 0 Å². The van der Waals surface area contributed by atoms with Crippen LogP contribution in [0.25, 0.3) is 0 Å². The lowest BCUT2D eigenvalue weighted by molar-refractivity contribution is 0.0944. The Morgan fingerprint density at radius 1 is 1.38 bits per heavy atom. The van der Waals surface area contributed by atoms with Crippen molar-refractivity contribution in [2.75, 3.05) is 24.1 Å². The zero-order valence-corrected chi connectivity index (χ0v) is 14.1. The van der Waals surface area contributed by atoms with Crippen LogP contribution < -0.4 is 16.4 Å². The lowest BCUT2D eigenvalue weighted by Crippen LogP contribution is -2.32. The zero-order valence-electron chi connectivity index (χ0n) is 13.3. The number of carbonyl (C=O) groups is 1. The molecule has 1 amide bonds. The minimum atomic E-state index is -0.102. The molecule has 0 aliphatic heterocycles. The van der Waals surface area contributed by atoms with Crippen molar-refractivity contribution in [3.05, 3.63) is 4.88 Å². The molecule has 0 radical (unpaired) electrons. The number of hydrogen-bond acceptors (Lipinski definition) is 5. The van der Waals surface area contributed by atoms with Crippen LogP contribution in [0.15, 0.2) is 0 Å². The maximum Gasteiger partial charge on any atom is 0.265 e. The van der Waals surface area contributed by atoms with Crippen molar-refractivity contribution in [3.8, 4) is 0 Å². The van der Waals surface area contributed by atoms with Gasteiger partial charge in [-0.3, -0.25) is 4.79 Å². The average molecular weight is 310 g/mol. The van der Waals surface area contributed by atoms with Crippen LogP contribution >= 0.6 is 11.3 Å². The third-order valence-corrected chi connectivity index (χ3v) is 5.27. The number of carbonyl (C=O) groups excluding carboxylic acids is 1. The van der Waals surface area contributed by atoms with Crippen molar-refractivity contribution in [2.45, 2.75) is 40.5 Å². The summed E-state index contributed by atoms with van der Waals surface area (Å²) in [7, 11) is 0. The number of rotatable bonds is 7. The molecule has 1 heterocycles. The molecule has 118 valence electrons. The third-order valence-electron chi connectivity index (χ3n) is 4.24. The maximum atomic E-state index is 12.3. The molecule has 2 rings (SSSR count). The highest BCUT2D eigenvalue weighted by Crippen LogP contribution is 2.51. The molecule has 1 aliphatic carbocycles. The molecule has 1 fully saturated rings. The Labute approximate surface area is 130 Å². The van der Waals surface area contributed by atoms with Crippen LogP contribution in [0.4, 0.5) is 10.9 Å². The minimum absolute atomic E-state index is 0.102. The molecule has 1 aromatic heterocycles. The molecule has 1 saturated carbocycles. The standard InChI is InChI=1S/C15H26N4OS/c1-9(2)7-17-14-19-12(16)11(21-14)13(20)18-8-15(5-6-15)10(3)4/h9-10H,5-8,16H2,1-4H3,(H,17,19)(H,18,20). The third kappa shape index (κ3) is 3.87. The topological polar surface area (TPSA) is 80.0 Å². The van der Waals surface area contributed by atoms with E-state index in [1.54, 1.807) is 0 Å². The molecule has 0 saturated heterocycles.